The van der Waals surface area contributed by atoms with E-state index in [1.54, 1.807) is 36.1 Å². The molecule has 0 aliphatic rings. The second-order valence-electron chi connectivity index (χ2n) is 6.76. The van der Waals surface area contributed by atoms with Gasteiger partial charge in [-0.05, 0) is 46.8 Å². The third-order valence-corrected chi connectivity index (χ3v) is 4.05. The Bertz CT molecular complexity index is 849. The molecule has 0 aliphatic heterocycles. The highest BCUT2D eigenvalue weighted by Gasteiger charge is 2.27. The predicted molar refractivity (Wildman–Crippen MR) is 98.7 cm³/mol. The quantitative estimate of drug-likeness (QED) is 0.737. The minimum absolute atomic E-state index is 0.00374. The van der Waals surface area contributed by atoms with Gasteiger partial charge >= 0.3 is 5.97 Å². The molecule has 1 aromatic carbocycles. The number of esters is 1. The van der Waals surface area contributed by atoms with Gasteiger partial charge in [-0.25, -0.2) is 4.98 Å². The first kappa shape index (κ1) is 19.6. The molecule has 0 bridgehead atoms. The lowest BCUT2D eigenvalue weighted by Gasteiger charge is -2.32. The topological polar surface area (TPSA) is 81.5 Å². The lowest BCUT2D eigenvalue weighted by atomic mass is 10.2. The van der Waals surface area contributed by atoms with Crippen LogP contribution in [0.5, 0.6) is 0 Å². The third-order valence-electron chi connectivity index (χ3n) is 4.05. The summed E-state index contributed by atoms with van der Waals surface area (Å²) in [4.78, 5) is 43.0. The molecule has 0 saturated carbocycles. The molecule has 2 rings (SSSR count). The number of amides is 1. The summed E-state index contributed by atoms with van der Waals surface area (Å²) in [5.74, 6) is -0.912. The van der Waals surface area contributed by atoms with Crippen molar-refractivity contribution in [3.8, 4) is 0 Å². The van der Waals surface area contributed by atoms with E-state index < -0.39 is 12.1 Å². The molecule has 0 spiro atoms. The van der Waals surface area contributed by atoms with Crippen LogP contribution in [0.25, 0.3) is 10.9 Å². The molecule has 1 amide bonds. The Morgan fingerprint density at radius 1 is 1.12 bits per heavy atom. The molecule has 0 aliphatic carbocycles. The van der Waals surface area contributed by atoms with Crippen molar-refractivity contribution < 1.29 is 14.3 Å². The minimum Gasteiger partial charge on any atom is -0.451 e. The van der Waals surface area contributed by atoms with Crippen LogP contribution in [0.3, 0.4) is 0 Å². The molecule has 2 aromatic rings. The molecule has 7 nitrogen and oxygen atoms in total. The highest BCUT2D eigenvalue weighted by molar-refractivity contribution is 5.84. The van der Waals surface area contributed by atoms with Gasteiger partial charge in [0.15, 0.2) is 6.10 Å². The fraction of sp³-hybridized carbons (Fsp3) is 0.474. The fourth-order valence-electron chi connectivity index (χ4n) is 2.96. The Labute approximate surface area is 152 Å². The summed E-state index contributed by atoms with van der Waals surface area (Å²) >= 11 is 0. The third kappa shape index (κ3) is 4.28. The first-order valence-electron chi connectivity index (χ1n) is 8.68. The molecular formula is C19H25N3O4. The zero-order valence-electron chi connectivity index (χ0n) is 15.8. The van der Waals surface area contributed by atoms with Gasteiger partial charge in [-0.1, -0.05) is 12.1 Å². The molecule has 0 radical (unpaired) electrons. The average molecular weight is 359 g/mol. The number of hydrogen-bond acceptors (Lipinski definition) is 5. The number of benzene rings is 1. The maximum absolute atomic E-state index is 12.5. The molecular weight excluding hydrogens is 334 g/mol. The number of hydrogen-bond donors (Lipinski definition) is 0. The number of rotatable bonds is 6. The Morgan fingerprint density at radius 2 is 1.73 bits per heavy atom. The standard InChI is InChI=1S/C19H25N3O4/c1-12(2)22(13(3)4)18(24)14(5)26-17(23)10-21-11-20-16-9-7-6-8-15(16)19(21)25/h6-9,11-14H,10H2,1-5H3/t14-/m1/s1. The predicted octanol–water partition coefficient (Wildman–Crippen LogP) is 1.97. The average Bonchev–Trinajstić information content (AvgIpc) is 2.56. The first-order valence-corrected chi connectivity index (χ1v) is 8.68. The van der Waals surface area contributed by atoms with Crippen LogP contribution in [0.4, 0.5) is 0 Å². The maximum atomic E-state index is 12.5. The molecule has 0 saturated heterocycles. The van der Waals surface area contributed by atoms with Crippen LogP contribution in [0, 0.1) is 0 Å². The van der Waals surface area contributed by atoms with Crippen molar-refractivity contribution in [2.45, 2.75) is 59.4 Å². The van der Waals surface area contributed by atoms with E-state index in [-0.39, 0.29) is 30.1 Å². The lowest BCUT2D eigenvalue weighted by Crippen LogP contribution is -2.47. The van der Waals surface area contributed by atoms with Crippen molar-refractivity contribution in [2.24, 2.45) is 0 Å². The van der Waals surface area contributed by atoms with Crippen LogP contribution in [0.1, 0.15) is 34.6 Å². The number of para-hydroxylation sites is 1. The molecule has 1 aromatic heterocycles. The first-order chi connectivity index (χ1) is 12.2. The van der Waals surface area contributed by atoms with Crippen LogP contribution < -0.4 is 5.56 Å². The number of aromatic nitrogens is 2. The van der Waals surface area contributed by atoms with Crippen LogP contribution in [-0.2, 0) is 20.9 Å². The lowest BCUT2D eigenvalue weighted by molar-refractivity contribution is -0.161. The molecule has 140 valence electrons. The minimum atomic E-state index is -0.920. The van der Waals surface area contributed by atoms with E-state index >= 15 is 0 Å². The van der Waals surface area contributed by atoms with Gasteiger partial charge in [-0.3, -0.25) is 19.0 Å². The van der Waals surface area contributed by atoms with Gasteiger partial charge in [0.25, 0.3) is 11.5 Å². The van der Waals surface area contributed by atoms with Crippen LogP contribution in [0.15, 0.2) is 35.4 Å². The number of carbonyl (C=O) groups excluding carboxylic acids is 2. The van der Waals surface area contributed by atoms with Crippen molar-refractivity contribution in [3.63, 3.8) is 0 Å². The second kappa shape index (κ2) is 8.12. The zero-order valence-corrected chi connectivity index (χ0v) is 15.8. The number of carbonyl (C=O) groups is 2. The largest absolute Gasteiger partial charge is 0.451 e. The molecule has 1 atom stereocenters. The number of fused-ring (bicyclic) bond motifs is 1. The van der Waals surface area contributed by atoms with Crippen molar-refractivity contribution >= 4 is 22.8 Å². The Morgan fingerprint density at radius 3 is 2.35 bits per heavy atom. The molecule has 0 unspecified atom stereocenters. The maximum Gasteiger partial charge on any atom is 0.326 e. The van der Waals surface area contributed by atoms with E-state index in [0.717, 1.165) is 0 Å². The summed E-state index contributed by atoms with van der Waals surface area (Å²) in [5, 5.41) is 0.428. The molecule has 0 fully saturated rings. The van der Waals surface area contributed by atoms with Crippen molar-refractivity contribution in [1.82, 2.24) is 14.5 Å². The summed E-state index contributed by atoms with van der Waals surface area (Å²) in [6.07, 6.45) is 0.392. The van der Waals surface area contributed by atoms with Gasteiger partial charge < -0.3 is 9.64 Å². The van der Waals surface area contributed by atoms with E-state index in [0.29, 0.717) is 10.9 Å². The highest BCUT2D eigenvalue weighted by Crippen LogP contribution is 2.10. The summed E-state index contributed by atoms with van der Waals surface area (Å²) in [7, 11) is 0. The number of ether oxygens (including phenoxy) is 1. The Kier molecular flexibility index (Phi) is 6.13. The van der Waals surface area contributed by atoms with Gasteiger partial charge in [-0.15, -0.1) is 0 Å². The highest BCUT2D eigenvalue weighted by atomic mass is 16.5. The summed E-state index contributed by atoms with van der Waals surface area (Å²) < 4.78 is 6.43. The van der Waals surface area contributed by atoms with Crippen LogP contribution >= 0.6 is 0 Å². The monoisotopic (exact) mass is 359 g/mol. The van der Waals surface area contributed by atoms with Gasteiger partial charge in [0, 0.05) is 12.1 Å². The van der Waals surface area contributed by atoms with E-state index in [1.807, 2.05) is 27.7 Å². The Hall–Kier alpha value is -2.70. The summed E-state index contributed by atoms with van der Waals surface area (Å²) in [6.45, 7) is 8.88. The second-order valence-corrected chi connectivity index (χ2v) is 6.76. The molecule has 7 heteroatoms. The number of nitrogens with zero attached hydrogens (tertiary/aromatic N) is 3. The fourth-order valence-corrected chi connectivity index (χ4v) is 2.96. The Balaban J connectivity index is 2.10. The van der Waals surface area contributed by atoms with Crippen LogP contribution in [-0.4, -0.2) is 44.5 Å². The van der Waals surface area contributed by atoms with Gasteiger partial charge in [0.1, 0.15) is 6.54 Å². The smallest absolute Gasteiger partial charge is 0.326 e. The zero-order chi connectivity index (χ0) is 19.4. The molecule has 1 heterocycles. The normalized spacial score (nSPS) is 12.4. The van der Waals surface area contributed by atoms with Crippen molar-refractivity contribution in [2.75, 3.05) is 0 Å². The molecule has 26 heavy (non-hydrogen) atoms. The van der Waals surface area contributed by atoms with Crippen LogP contribution in [0.2, 0.25) is 0 Å². The van der Waals surface area contributed by atoms with E-state index in [1.165, 1.54) is 10.9 Å². The molecule has 0 N–H and O–H groups in total. The van der Waals surface area contributed by atoms with E-state index in [9.17, 15) is 14.4 Å². The SMILES string of the molecule is CC(C)N(C(=O)[C@@H](C)OC(=O)Cn1cnc2ccccc2c1=O)C(C)C. The summed E-state index contributed by atoms with van der Waals surface area (Å²) in [6, 6.07) is 6.90. The van der Waals surface area contributed by atoms with E-state index in [4.69, 9.17) is 4.74 Å². The van der Waals surface area contributed by atoms with Crippen molar-refractivity contribution in [3.05, 3.63) is 40.9 Å². The van der Waals surface area contributed by atoms with Gasteiger partial charge in [-0.2, -0.15) is 0 Å². The van der Waals surface area contributed by atoms with E-state index in [2.05, 4.69) is 4.98 Å². The van der Waals surface area contributed by atoms with Crippen molar-refractivity contribution in [1.29, 1.82) is 0 Å². The van der Waals surface area contributed by atoms with Gasteiger partial charge in [0.2, 0.25) is 0 Å². The van der Waals surface area contributed by atoms with Gasteiger partial charge in [0.05, 0.1) is 17.2 Å². The summed E-state index contributed by atoms with van der Waals surface area (Å²) in [5.41, 5.74) is 0.243.